The highest BCUT2D eigenvalue weighted by atomic mass is 16.2. The number of anilines is 1. The molecule has 0 spiro atoms. The van der Waals surface area contributed by atoms with Crippen LogP contribution in [0.4, 0.5) is 10.6 Å². The molecule has 0 atom stereocenters. The lowest BCUT2D eigenvalue weighted by Crippen LogP contribution is -2.33. The van der Waals surface area contributed by atoms with Crippen LogP contribution in [0.1, 0.15) is 32.1 Å². The zero-order valence-corrected chi connectivity index (χ0v) is 9.98. The van der Waals surface area contributed by atoms with Gasteiger partial charge in [-0.2, -0.15) is 0 Å². The molecule has 4 nitrogen and oxygen atoms in total. The van der Waals surface area contributed by atoms with Crippen molar-refractivity contribution < 1.29 is 4.79 Å². The number of carbonyl (C=O) groups is 1. The highest BCUT2D eigenvalue weighted by molar-refractivity contribution is 5.88. The Labute approximate surface area is 102 Å². The second-order valence-electron chi connectivity index (χ2n) is 4.55. The van der Waals surface area contributed by atoms with Crippen molar-refractivity contribution in [2.45, 2.75) is 32.1 Å². The molecule has 2 amide bonds. The van der Waals surface area contributed by atoms with E-state index in [9.17, 15) is 4.79 Å². The first-order chi connectivity index (χ1) is 8.34. The van der Waals surface area contributed by atoms with Crippen LogP contribution in [0.25, 0.3) is 0 Å². The number of carbonyl (C=O) groups excluding carboxylic acids is 1. The lowest BCUT2D eigenvalue weighted by molar-refractivity contribution is 0.247. The summed E-state index contributed by atoms with van der Waals surface area (Å²) in [5, 5.41) is 5.63. The fraction of sp³-hybridized carbons (Fsp3) is 0.538. The molecule has 1 aromatic rings. The molecule has 1 fully saturated rings. The molecule has 1 heterocycles. The van der Waals surface area contributed by atoms with Crippen LogP contribution in [0.15, 0.2) is 24.4 Å². The lowest BCUT2D eigenvalue weighted by Gasteiger charge is -2.21. The quantitative estimate of drug-likeness (QED) is 0.843. The van der Waals surface area contributed by atoms with Gasteiger partial charge in [0, 0.05) is 12.7 Å². The van der Waals surface area contributed by atoms with E-state index >= 15 is 0 Å². The average Bonchev–Trinajstić information content (AvgIpc) is 2.39. The Morgan fingerprint density at radius 1 is 1.29 bits per heavy atom. The maximum Gasteiger partial charge on any atom is 0.320 e. The first-order valence-electron chi connectivity index (χ1n) is 6.30. The molecule has 0 aliphatic heterocycles. The van der Waals surface area contributed by atoms with E-state index in [4.69, 9.17) is 0 Å². The molecule has 1 saturated carbocycles. The van der Waals surface area contributed by atoms with Crippen LogP contribution < -0.4 is 10.6 Å². The Morgan fingerprint density at radius 2 is 2.12 bits per heavy atom. The average molecular weight is 233 g/mol. The Kier molecular flexibility index (Phi) is 4.36. The van der Waals surface area contributed by atoms with Gasteiger partial charge in [0.2, 0.25) is 0 Å². The van der Waals surface area contributed by atoms with Gasteiger partial charge in [-0.05, 0) is 30.9 Å². The largest absolute Gasteiger partial charge is 0.338 e. The lowest BCUT2D eigenvalue weighted by atomic mass is 9.89. The second-order valence-corrected chi connectivity index (χ2v) is 4.55. The molecule has 0 saturated heterocycles. The van der Waals surface area contributed by atoms with Gasteiger partial charge >= 0.3 is 6.03 Å². The standard InChI is InChI=1S/C13H19N3O/c17-13(16-12-8-4-5-9-14-12)15-10-11-6-2-1-3-7-11/h4-5,8-9,11H,1-3,6-7,10H2,(H2,14,15,16,17). The van der Waals surface area contributed by atoms with Gasteiger partial charge in [0.05, 0.1) is 0 Å². The Morgan fingerprint density at radius 3 is 2.82 bits per heavy atom. The zero-order valence-electron chi connectivity index (χ0n) is 9.98. The van der Waals surface area contributed by atoms with Gasteiger partial charge in [0.15, 0.2) is 0 Å². The van der Waals surface area contributed by atoms with Crippen molar-refractivity contribution in [1.29, 1.82) is 0 Å². The van der Waals surface area contributed by atoms with Crippen LogP contribution in [-0.4, -0.2) is 17.6 Å². The molecular weight excluding hydrogens is 214 g/mol. The van der Waals surface area contributed by atoms with Gasteiger partial charge < -0.3 is 5.32 Å². The predicted octanol–water partition coefficient (Wildman–Crippen LogP) is 2.78. The summed E-state index contributed by atoms with van der Waals surface area (Å²) >= 11 is 0. The molecule has 0 aromatic carbocycles. The summed E-state index contributed by atoms with van der Waals surface area (Å²) in [5.74, 6) is 1.24. The van der Waals surface area contributed by atoms with Crippen LogP contribution >= 0.6 is 0 Å². The van der Waals surface area contributed by atoms with Crippen molar-refractivity contribution in [3.8, 4) is 0 Å². The normalized spacial score (nSPS) is 16.5. The third-order valence-corrected chi connectivity index (χ3v) is 3.18. The van der Waals surface area contributed by atoms with Crippen molar-refractivity contribution in [3.63, 3.8) is 0 Å². The Bertz CT molecular complexity index is 347. The minimum absolute atomic E-state index is 0.158. The van der Waals surface area contributed by atoms with Gasteiger partial charge in [0.1, 0.15) is 5.82 Å². The molecule has 0 unspecified atom stereocenters. The summed E-state index contributed by atoms with van der Waals surface area (Å²) in [5.41, 5.74) is 0. The van der Waals surface area contributed by atoms with Crippen molar-refractivity contribution in [2.24, 2.45) is 5.92 Å². The zero-order chi connectivity index (χ0) is 11.9. The van der Waals surface area contributed by atoms with E-state index in [0.717, 1.165) is 6.54 Å². The van der Waals surface area contributed by atoms with E-state index in [1.54, 1.807) is 12.3 Å². The molecule has 1 aliphatic rings. The van der Waals surface area contributed by atoms with Gasteiger partial charge in [0.25, 0.3) is 0 Å². The first kappa shape index (κ1) is 11.9. The number of urea groups is 1. The van der Waals surface area contributed by atoms with E-state index in [0.29, 0.717) is 11.7 Å². The summed E-state index contributed by atoms with van der Waals surface area (Å²) in [7, 11) is 0. The summed E-state index contributed by atoms with van der Waals surface area (Å²) < 4.78 is 0. The fourth-order valence-electron chi connectivity index (χ4n) is 2.23. The smallest absolute Gasteiger partial charge is 0.320 e. The summed E-state index contributed by atoms with van der Waals surface area (Å²) in [6.07, 6.45) is 8.09. The molecule has 2 N–H and O–H groups in total. The van der Waals surface area contributed by atoms with Crippen LogP contribution in [0, 0.1) is 5.92 Å². The maximum atomic E-state index is 11.6. The summed E-state index contributed by atoms with van der Waals surface area (Å²) in [6.45, 7) is 0.776. The van der Waals surface area contributed by atoms with Crippen molar-refractivity contribution in [3.05, 3.63) is 24.4 Å². The van der Waals surface area contributed by atoms with E-state index in [1.165, 1.54) is 32.1 Å². The number of amides is 2. The number of pyridine rings is 1. The Balaban J connectivity index is 1.70. The molecule has 2 rings (SSSR count). The van der Waals surface area contributed by atoms with Crippen molar-refractivity contribution in [1.82, 2.24) is 10.3 Å². The van der Waals surface area contributed by atoms with Gasteiger partial charge in [-0.15, -0.1) is 0 Å². The molecule has 92 valence electrons. The molecule has 1 aromatic heterocycles. The molecule has 1 aliphatic carbocycles. The maximum absolute atomic E-state index is 11.6. The van der Waals surface area contributed by atoms with Gasteiger partial charge in [-0.1, -0.05) is 25.3 Å². The Hall–Kier alpha value is -1.58. The highest BCUT2D eigenvalue weighted by Gasteiger charge is 2.14. The number of aromatic nitrogens is 1. The summed E-state index contributed by atoms with van der Waals surface area (Å²) in [4.78, 5) is 15.6. The fourth-order valence-corrected chi connectivity index (χ4v) is 2.23. The van der Waals surface area contributed by atoms with Crippen molar-refractivity contribution in [2.75, 3.05) is 11.9 Å². The van der Waals surface area contributed by atoms with Crippen LogP contribution in [-0.2, 0) is 0 Å². The molecule has 4 heteroatoms. The number of hydrogen-bond acceptors (Lipinski definition) is 2. The molecule has 0 bridgehead atoms. The third kappa shape index (κ3) is 4.06. The number of rotatable bonds is 3. The minimum atomic E-state index is -0.158. The topological polar surface area (TPSA) is 54.0 Å². The van der Waals surface area contributed by atoms with E-state index in [2.05, 4.69) is 15.6 Å². The summed E-state index contributed by atoms with van der Waals surface area (Å²) in [6, 6.07) is 5.30. The van der Waals surface area contributed by atoms with Crippen LogP contribution in [0.5, 0.6) is 0 Å². The van der Waals surface area contributed by atoms with E-state index in [-0.39, 0.29) is 6.03 Å². The highest BCUT2D eigenvalue weighted by Crippen LogP contribution is 2.22. The molecule has 0 radical (unpaired) electrons. The first-order valence-corrected chi connectivity index (χ1v) is 6.30. The predicted molar refractivity (Wildman–Crippen MR) is 67.8 cm³/mol. The number of nitrogens with zero attached hydrogens (tertiary/aromatic N) is 1. The van der Waals surface area contributed by atoms with Gasteiger partial charge in [-0.3, -0.25) is 5.32 Å². The van der Waals surface area contributed by atoms with Gasteiger partial charge in [-0.25, -0.2) is 9.78 Å². The van der Waals surface area contributed by atoms with Crippen LogP contribution in [0.2, 0.25) is 0 Å². The van der Waals surface area contributed by atoms with E-state index in [1.807, 2.05) is 12.1 Å². The molecule has 17 heavy (non-hydrogen) atoms. The van der Waals surface area contributed by atoms with Crippen molar-refractivity contribution >= 4 is 11.8 Å². The minimum Gasteiger partial charge on any atom is -0.338 e. The van der Waals surface area contributed by atoms with E-state index < -0.39 is 0 Å². The second kappa shape index (κ2) is 6.23. The SMILES string of the molecule is O=C(NCC1CCCCC1)Nc1ccccn1. The molecular formula is C13H19N3O. The monoisotopic (exact) mass is 233 g/mol. The van der Waals surface area contributed by atoms with Crippen LogP contribution in [0.3, 0.4) is 0 Å². The number of nitrogens with one attached hydrogen (secondary N) is 2. The number of hydrogen-bond donors (Lipinski definition) is 2. The third-order valence-electron chi connectivity index (χ3n) is 3.18.